The highest BCUT2D eigenvalue weighted by Crippen LogP contribution is 2.29. The van der Waals surface area contributed by atoms with Crippen LogP contribution in [0.4, 0.5) is 0 Å². The van der Waals surface area contributed by atoms with Crippen molar-refractivity contribution in [3.05, 3.63) is 22.4 Å². The van der Waals surface area contributed by atoms with Gasteiger partial charge in [0, 0.05) is 0 Å². The number of amides is 1. The lowest BCUT2D eigenvalue weighted by atomic mass is 9.81. The van der Waals surface area contributed by atoms with Crippen molar-refractivity contribution in [2.45, 2.75) is 51.0 Å². The topological polar surface area (TPSA) is 55.4 Å². The van der Waals surface area contributed by atoms with E-state index in [1.807, 2.05) is 16.8 Å². The predicted molar refractivity (Wildman–Crippen MR) is 78.6 cm³/mol. The van der Waals surface area contributed by atoms with Crippen molar-refractivity contribution in [1.82, 2.24) is 5.32 Å². The molecule has 1 aromatic rings. The second-order valence-electron chi connectivity index (χ2n) is 5.22. The maximum absolute atomic E-state index is 12.2. The molecule has 5 heteroatoms. The lowest BCUT2D eigenvalue weighted by Gasteiger charge is -2.35. The van der Waals surface area contributed by atoms with Gasteiger partial charge < -0.3 is 10.1 Å². The zero-order valence-electron chi connectivity index (χ0n) is 11.8. The van der Waals surface area contributed by atoms with Gasteiger partial charge in [-0.3, -0.25) is 4.79 Å². The van der Waals surface area contributed by atoms with Crippen molar-refractivity contribution in [2.24, 2.45) is 0 Å². The molecule has 0 saturated heterocycles. The number of hydrogen-bond acceptors (Lipinski definition) is 4. The minimum Gasteiger partial charge on any atom is -0.464 e. The largest absolute Gasteiger partial charge is 0.464 e. The molecule has 0 bridgehead atoms. The fourth-order valence-corrected chi connectivity index (χ4v) is 3.36. The summed E-state index contributed by atoms with van der Waals surface area (Å²) in [4.78, 5) is 24.4. The van der Waals surface area contributed by atoms with Crippen LogP contribution in [0.1, 0.15) is 44.6 Å². The van der Waals surface area contributed by atoms with Crippen LogP contribution in [0, 0.1) is 0 Å². The van der Waals surface area contributed by atoms with Gasteiger partial charge in [-0.25, -0.2) is 4.79 Å². The molecule has 0 radical (unpaired) electrons. The van der Waals surface area contributed by atoms with Crippen LogP contribution in [0.15, 0.2) is 16.8 Å². The normalized spacial score (nSPS) is 17.4. The summed E-state index contributed by atoms with van der Waals surface area (Å²) < 4.78 is 5.17. The Morgan fingerprint density at radius 2 is 2.10 bits per heavy atom. The molecule has 1 saturated carbocycles. The summed E-state index contributed by atoms with van der Waals surface area (Å²) in [5, 5.41) is 6.85. The van der Waals surface area contributed by atoms with Crippen molar-refractivity contribution in [1.29, 1.82) is 0 Å². The van der Waals surface area contributed by atoms with Crippen LogP contribution in [-0.2, 0) is 20.7 Å². The highest BCUT2D eigenvalue weighted by molar-refractivity contribution is 7.07. The summed E-state index contributed by atoms with van der Waals surface area (Å²) >= 11 is 1.57. The van der Waals surface area contributed by atoms with Crippen LogP contribution >= 0.6 is 11.3 Å². The smallest absolute Gasteiger partial charge is 0.331 e. The third-order valence-electron chi connectivity index (χ3n) is 3.70. The van der Waals surface area contributed by atoms with Crippen LogP contribution in [0.25, 0.3) is 0 Å². The fourth-order valence-electron chi connectivity index (χ4n) is 2.69. The van der Waals surface area contributed by atoms with Gasteiger partial charge in [-0.1, -0.05) is 19.3 Å². The van der Waals surface area contributed by atoms with Gasteiger partial charge in [0.15, 0.2) is 0 Å². The van der Waals surface area contributed by atoms with Crippen LogP contribution < -0.4 is 5.32 Å². The first kappa shape index (κ1) is 15.0. The number of nitrogens with one attached hydrogen (secondary N) is 1. The number of carbonyl (C=O) groups excluding carboxylic acids is 2. The molecule has 0 aromatic carbocycles. The van der Waals surface area contributed by atoms with E-state index in [4.69, 9.17) is 4.74 Å². The van der Waals surface area contributed by atoms with E-state index in [1.54, 1.807) is 18.3 Å². The van der Waals surface area contributed by atoms with Gasteiger partial charge >= 0.3 is 5.97 Å². The Hall–Kier alpha value is -1.36. The molecule has 0 atom stereocenters. The third kappa shape index (κ3) is 3.60. The van der Waals surface area contributed by atoms with E-state index >= 15 is 0 Å². The van der Waals surface area contributed by atoms with Crippen LogP contribution in [0.3, 0.4) is 0 Å². The average Bonchev–Trinajstić information content (AvgIpc) is 2.92. The maximum atomic E-state index is 12.2. The molecule has 1 fully saturated rings. The van der Waals surface area contributed by atoms with Crippen molar-refractivity contribution >= 4 is 23.2 Å². The minimum absolute atomic E-state index is 0.0987. The van der Waals surface area contributed by atoms with Gasteiger partial charge in [0.05, 0.1) is 13.0 Å². The number of esters is 1. The summed E-state index contributed by atoms with van der Waals surface area (Å²) in [5.41, 5.74) is 0.184. The molecule has 1 N–H and O–H groups in total. The van der Waals surface area contributed by atoms with Crippen molar-refractivity contribution in [3.8, 4) is 0 Å². The molecule has 4 nitrogen and oxygen atoms in total. The van der Waals surface area contributed by atoms with E-state index in [0.29, 0.717) is 25.9 Å². The van der Waals surface area contributed by atoms with E-state index in [-0.39, 0.29) is 11.9 Å². The second kappa shape index (κ2) is 6.88. The quantitative estimate of drug-likeness (QED) is 0.850. The Bertz CT molecular complexity index is 450. The molecule has 0 aliphatic heterocycles. The summed E-state index contributed by atoms with van der Waals surface area (Å²) in [5.74, 6) is -0.378. The van der Waals surface area contributed by atoms with Gasteiger partial charge in [-0.05, 0) is 42.2 Å². The van der Waals surface area contributed by atoms with Crippen molar-refractivity contribution < 1.29 is 14.3 Å². The number of ether oxygens (including phenoxy) is 1. The number of thiophene rings is 1. The van der Waals surface area contributed by atoms with Gasteiger partial charge in [0.25, 0.3) is 0 Å². The fraction of sp³-hybridized carbons (Fsp3) is 0.600. The average molecular weight is 295 g/mol. The summed E-state index contributed by atoms with van der Waals surface area (Å²) in [6, 6.07) is 1.93. The zero-order chi connectivity index (χ0) is 14.4. The molecule has 0 spiro atoms. The monoisotopic (exact) mass is 295 g/mol. The predicted octanol–water partition coefficient (Wildman–Crippen LogP) is 2.67. The maximum Gasteiger partial charge on any atom is 0.331 e. The first-order valence-corrected chi connectivity index (χ1v) is 8.10. The lowest BCUT2D eigenvalue weighted by Crippen LogP contribution is -2.56. The summed E-state index contributed by atoms with van der Waals surface area (Å²) in [6.07, 6.45) is 4.71. The standard InChI is InChI=1S/C15H21NO3S/c1-2-19-14(18)15(7-4-3-5-8-15)16-13(17)10-12-6-9-20-11-12/h6,9,11H,2-5,7-8,10H2,1H3,(H,16,17). The van der Waals surface area contributed by atoms with Crippen molar-refractivity contribution in [2.75, 3.05) is 6.61 Å². The molecule has 1 aliphatic carbocycles. The van der Waals surface area contributed by atoms with Crippen LogP contribution in [0.5, 0.6) is 0 Å². The van der Waals surface area contributed by atoms with Crippen LogP contribution in [-0.4, -0.2) is 24.0 Å². The molecule has 2 rings (SSSR count). The second-order valence-corrected chi connectivity index (χ2v) is 6.00. The molecule has 1 aliphatic rings. The van der Waals surface area contributed by atoms with E-state index in [2.05, 4.69) is 5.32 Å². The highest BCUT2D eigenvalue weighted by Gasteiger charge is 2.42. The minimum atomic E-state index is -0.804. The molecule has 1 amide bonds. The first-order chi connectivity index (χ1) is 9.66. The highest BCUT2D eigenvalue weighted by atomic mass is 32.1. The Morgan fingerprint density at radius 1 is 1.35 bits per heavy atom. The van der Waals surface area contributed by atoms with Crippen LogP contribution in [0.2, 0.25) is 0 Å². The molecular formula is C15H21NO3S. The molecule has 110 valence electrons. The first-order valence-electron chi connectivity index (χ1n) is 7.15. The summed E-state index contributed by atoms with van der Waals surface area (Å²) in [7, 11) is 0. The third-order valence-corrected chi connectivity index (χ3v) is 4.43. The molecule has 20 heavy (non-hydrogen) atoms. The number of rotatable bonds is 5. The van der Waals surface area contributed by atoms with Gasteiger partial charge in [0.1, 0.15) is 5.54 Å². The Morgan fingerprint density at radius 3 is 2.70 bits per heavy atom. The lowest BCUT2D eigenvalue weighted by molar-refractivity contribution is -0.155. The molecule has 1 heterocycles. The Labute approximate surface area is 123 Å². The SMILES string of the molecule is CCOC(=O)C1(NC(=O)Cc2ccsc2)CCCCC1. The van der Waals surface area contributed by atoms with E-state index in [9.17, 15) is 9.59 Å². The zero-order valence-corrected chi connectivity index (χ0v) is 12.6. The Kier molecular flexibility index (Phi) is 5.17. The van der Waals surface area contributed by atoms with E-state index in [1.165, 1.54) is 0 Å². The van der Waals surface area contributed by atoms with Crippen molar-refractivity contribution in [3.63, 3.8) is 0 Å². The Balaban J connectivity index is 2.03. The van der Waals surface area contributed by atoms with E-state index < -0.39 is 5.54 Å². The number of hydrogen-bond donors (Lipinski definition) is 1. The number of carbonyl (C=O) groups is 2. The van der Waals surface area contributed by atoms with Gasteiger partial charge in [-0.2, -0.15) is 11.3 Å². The van der Waals surface area contributed by atoms with Gasteiger partial charge in [0.2, 0.25) is 5.91 Å². The molecule has 1 aromatic heterocycles. The van der Waals surface area contributed by atoms with Gasteiger partial charge in [-0.15, -0.1) is 0 Å². The molecular weight excluding hydrogens is 274 g/mol. The molecule has 0 unspecified atom stereocenters. The summed E-state index contributed by atoms with van der Waals surface area (Å²) in [6.45, 7) is 2.14. The van der Waals surface area contributed by atoms with E-state index in [0.717, 1.165) is 24.8 Å².